The first-order chi connectivity index (χ1) is 43.3. The number of likely N-dealkylation sites (tertiary alicyclic amines) is 2. The Bertz CT molecular complexity index is 3910. The molecule has 2 saturated heterocycles. The zero-order valence-corrected chi connectivity index (χ0v) is 50.0. The van der Waals surface area contributed by atoms with Gasteiger partial charge in [-0.2, -0.15) is 0 Å². The molecular weight excluding hydrogens is 1130 g/mol. The van der Waals surface area contributed by atoms with E-state index in [1.54, 1.807) is 42.9 Å². The Kier molecular flexibility index (Phi) is 17.0. The fraction of sp³-hybridized carbons (Fsp3) is 0.384. The normalized spacial score (nSPS) is 19.5. The lowest BCUT2D eigenvalue weighted by Gasteiger charge is -2.15. The number of fused-ring (bicyclic) bond motifs is 2. The highest BCUT2D eigenvalue weighted by Gasteiger charge is 2.57. The maximum atomic E-state index is 15.2. The van der Waals surface area contributed by atoms with Gasteiger partial charge in [0.25, 0.3) is 0 Å². The molecule has 6 aliphatic rings. The van der Waals surface area contributed by atoms with Crippen LogP contribution in [0.3, 0.4) is 0 Å². The van der Waals surface area contributed by atoms with Gasteiger partial charge in [-0.25, -0.2) is 4.39 Å². The molecule has 5 heterocycles. The molecule has 2 N–H and O–H groups in total. The number of nitrogens with zero attached hydrogens (tertiary/aromatic N) is 5. The van der Waals surface area contributed by atoms with E-state index in [1.165, 1.54) is 12.1 Å². The van der Waals surface area contributed by atoms with Gasteiger partial charge in [0.1, 0.15) is 28.7 Å². The summed E-state index contributed by atoms with van der Waals surface area (Å²) in [4.78, 5) is 70.4. The Hall–Kier alpha value is -8.28. The fourth-order valence-corrected chi connectivity index (χ4v) is 13.1. The maximum Gasteiger partial charge on any atom is 0.166 e. The summed E-state index contributed by atoms with van der Waals surface area (Å²) in [5.74, 6) is 2.30. The van der Waals surface area contributed by atoms with Crippen molar-refractivity contribution in [1.29, 1.82) is 0 Å². The summed E-state index contributed by atoms with van der Waals surface area (Å²) in [5, 5.41) is 22.1. The Balaban J connectivity index is 0.000000164. The zero-order chi connectivity index (χ0) is 61.2. The van der Waals surface area contributed by atoms with Gasteiger partial charge in [0.05, 0.1) is 53.5 Å². The van der Waals surface area contributed by atoms with Crippen LogP contribution in [0.2, 0.25) is 0 Å². The molecule has 2 atom stereocenters. The molecule has 2 aliphatic heterocycles. The number of β-amino-alcohol motifs (C(OH)–C–C–N with tert-alkyl or cyclic N) is 2. The molecule has 5 aromatic carbocycles. The number of aliphatic hydroxyl groups is 2. The quantitative estimate of drug-likeness (QED) is 0.0384. The van der Waals surface area contributed by atoms with Gasteiger partial charge in [0.2, 0.25) is 0 Å². The third-order valence-corrected chi connectivity index (χ3v) is 19.3. The third kappa shape index (κ3) is 13.5. The number of carbonyl (C=O) groups is 4. The molecule has 458 valence electrons. The Morgan fingerprint density at radius 2 is 0.955 bits per heavy atom. The molecular formula is C73H74FN5O10. The summed E-state index contributed by atoms with van der Waals surface area (Å²) in [7, 11) is 0. The van der Waals surface area contributed by atoms with Crippen LogP contribution in [-0.4, -0.2) is 123 Å². The molecule has 6 fully saturated rings. The summed E-state index contributed by atoms with van der Waals surface area (Å²) in [6.07, 6.45) is 13.9. The van der Waals surface area contributed by atoms with E-state index >= 15 is 4.39 Å². The average molecular weight is 1200 g/mol. The van der Waals surface area contributed by atoms with E-state index in [0.717, 1.165) is 111 Å². The minimum absolute atomic E-state index is 0.000539. The predicted octanol–water partition coefficient (Wildman–Crippen LogP) is 11.4. The molecule has 0 amide bonds. The number of carbonyl (C=O) groups excluding carboxylic acids is 4. The number of aromatic nitrogens is 3. The van der Waals surface area contributed by atoms with Crippen LogP contribution in [0.15, 0.2) is 158 Å². The monoisotopic (exact) mass is 1200 g/mol. The first-order valence-electron chi connectivity index (χ1n) is 31.4. The van der Waals surface area contributed by atoms with E-state index in [2.05, 4.69) is 24.8 Å². The van der Waals surface area contributed by atoms with Gasteiger partial charge in [-0.1, -0.05) is 66.7 Å². The molecule has 16 heteroatoms. The molecule has 0 radical (unpaired) electrons. The summed E-state index contributed by atoms with van der Waals surface area (Å²) in [5.41, 5.74) is 2.94. The van der Waals surface area contributed by atoms with Gasteiger partial charge < -0.3 is 29.2 Å². The van der Waals surface area contributed by atoms with Crippen LogP contribution in [0.1, 0.15) is 86.6 Å². The van der Waals surface area contributed by atoms with E-state index in [4.69, 9.17) is 18.9 Å². The second-order valence-corrected chi connectivity index (χ2v) is 25.6. The van der Waals surface area contributed by atoms with Crippen molar-refractivity contribution in [2.75, 3.05) is 52.5 Å². The lowest BCUT2D eigenvalue weighted by atomic mass is 9.88. The molecule has 4 saturated carbocycles. The Morgan fingerprint density at radius 1 is 0.483 bits per heavy atom. The minimum Gasteiger partial charge on any atom is -0.493 e. The predicted molar refractivity (Wildman–Crippen MR) is 334 cm³/mol. The summed E-state index contributed by atoms with van der Waals surface area (Å²) in [6.45, 7) is 6.50. The highest BCUT2D eigenvalue weighted by atomic mass is 19.1. The van der Waals surface area contributed by atoms with Crippen molar-refractivity contribution >= 4 is 44.9 Å². The largest absolute Gasteiger partial charge is 0.493 e. The van der Waals surface area contributed by atoms with Crippen LogP contribution in [0.5, 0.6) is 34.5 Å². The topological polar surface area (TPSA) is 191 Å². The molecule has 15 nitrogen and oxygen atoms in total. The number of pyridine rings is 3. The van der Waals surface area contributed by atoms with Crippen LogP contribution < -0.4 is 18.9 Å². The van der Waals surface area contributed by atoms with Crippen LogP contribution >= 0.6 is 0 Å². The number of ketones is 4. The fourth-order valence-electron chi connectivity index (χ4n) is 13.1. The lowest BCUT2D eigenvalue weighted by molar-refractivity contribution is -0.135. The number of halogens is 1. The molecule has 14 rings (SSSR count). The first-order valence-corrected chi connectivity index (χ1v) is 31.4. The summed E-state index contributed by atoms with van der Waals surface area (Å²) in [6, 6.07) is 42.0. The SMILES string of the molecule is O=C(Cc1ccccc1)C1(C(=O)Cc2ccc(Oc3ccnc4cc(OCCCN5CC(O)C6(CC6)C5)ccc34)c(F)c2)CC1.O=C(Cc1ccccc1)C1(C(=O)Cc2ccc(Oc3ccnc4cc(OCCCN5CC(O)C6(CC6)C5)ccc34)cn2)CC1. The van der Waals surface area contributed by atoms with E-state index in [9.17, 15) is 29.4 Å². The van der Waals surface area contributed by atoms with Crippen molar-refractivity contribution < 1.29 is 52.7 Å². The van der Waals surface area contributed by atoms with Crippen molar-refractivity contribution in [3.8, 4) is 34.5 Å². The van der Waals surface area contributed by atoms with Gasteiger partial charge in [-0.15, -0.1) is 0 Å². The molecule has 8 aromatic rings. The van der Waals surface area contributed by atoms with Crippen molar-refractivity contribution in [1.82, 2.24) is 24.8 Å². The van der Waals surface area contributed by atoms with Gasteiger partial charge in [0.15, 0.2) is 34.7 Å². The standard InChI is InChI=1S/C37H37FN2O5.C36H37N3O5/c38-29-19-26(21-34(42)37(14-15-37)33(41)20-25-5-2-1-3-6-25)7-10-32(29)45-31-11-16-39-30-22-27(8-9-28(30)31)44-18-4-17-40-23-35(43)36(24-40)12-13-36;40-32(19-25-5-2-1-3-6-25)36(14-15-36)33(41)20-26-7-8-28(22-38-26)44-31-11-16-37-30-21-27(9-10-29(30)31)43-18-4-17-39-23-34(42)35(24-39)12-13-35/h1-3,5-11,16,19,22,35,43H,4,12-15,17-18,20-21,23-24H2;1-3,5-11,16,21-22,34,42H,4,12-15,17-20,23-24H2. The second kappa shape index (κ2) is 25.3. The molecule has 89 heavy (non-hydrogen) atoms. The van der Waals surface area contributed by atoms with Crippen molar-refractivity contribution in [2.45, 2.75) is 102 Å². The summed E-state index contributed by atoms with van der Waals surface area (Å²) < 4.78 is 39.3. The van der Waals surface area contributed by atoms with E-state index in [-0.39, 0.29) is 77.6 Å². The number of hydrogen-bond donors (Lipinski definition) is 2. The first kappa shape index (κ1) is 59.7. The van der Waals surface area contributed by atoms with Gasteiger partial charge in [-0.05, 0) is 142 Å². The van der Waals surface area contributed by atoms with Gasteiger partial charge >= 0.3 is 0 Å². The highest BCUT2D eigenvalue weighted by molar-refractivity contribution is 6.11. The van der Waals surface area contributed by atoms with Crippen molar-refractivity contribution in [2.24, 2.45) is 21.7 Å². The van der Waals surface area contributed by atoms with E-state index < -0.39 is 16.6 Å². The third-order valence-electron chi connectivity index (χ3n) is 19.3. The van der Waals surface area contributed by atoms with Crippen molar-refractivity contribution in [3.63, 3.8) is 0 Å². The van der Waals surface area contributed by atoms with Crippen LogP contribution in [0, 0.1) is 27.5 Å². The van der Waals surface area contributed by atoms with Gasteiger partial charge in [0, 0.05) is 117 Å². The van der Waals surface area contributed by atoms with E-state index in [0.29, 0.717) is 78.7 Å². The van der Waals surface area contributed by atoms with Crippen molar-refractivity contribution in [3.05, 3.63) is 186 Å². The maximum absolute atomic E-state index is 15.2. The van der Waals surface area contributed by atoms with E-state index in [1.807, 2.05) is 103 Å². The van der Waals surface area contributed by atoms with Gasteiger partial charge in [-0.3, -0.25) is 43.9 Å². The number of rotatable bonds is 26. The number of ether oxygens (including phenoxy) is 4. The number of aliphatic hydroxyl groups excluding tert-OH is 2. The number of hydrogen-bond acceptors (Lipinski definition) is 15. The van der Waals surface area contributed by atoms with Crippen LogP contribution in [-0.2, 0) is 44.9 Å². The Morgan fingerprint density at radius 3 is 1.40 bits per heavy atom. The smallest absolute Gasteiger partial charge is 0.166 e. The van der Waals surface area contributed by atoms with Crippen LogP contribution in [0.25, 0.3) is 21.8 Å². The molecule has 2 unspecified atom stereocenters. The summed E-state index contributed by atoms with van der Waals surface area (Å²) >= 11 is 0. The second-order valence-electron chi connectivity index (χ2n) is 25.6. The minimum atomic E-state index is -0.947. The molecule has 4 aliphatic carbocycles. The number of Topliss-reactive ketones (excluding diaryl/α,β-unsaturated/α-hetero) is 4. The molecule has 0 bridgehead atoms. The zero-order valence-electron chi connectivity index (χ0n) is 50.0. The average Bonchev–Trinajstić information content (AvgIpc) is 2.27. The number of benzene rings is 5. The Labute approximate surface area is 517 Å². The lowest BCUT2D eigenvalue weighted by Crippen LogP contribution is -2.29. The van der Waals surface area contributed by atoms with Crippen LogP contribution in [0.4, 0.5) is 4.39 Å². The molecule has 3 aromatic heterocycles. The molecule has 2 spiro atoms. The highest BCUT2D eigenvalue weighted by Crippen LogP contribution is 2.54.